The summed E-state index contributed by atoms with van der Waals surface area (Å²) in [5, 5.41) is 0. The first kappa shape index (κ1) is 16.4. The molecule has 0 amide bonds. The molecule has 0 aliphatic rings. The molecule has 0 fully saturated rings. The van der Waals surface area contributed by atoms with Gasteiger partial charge < -0.3 is 0 Å². The van der Waals surface area contributed by atoms with Crippen molar-refractivity contribution >= 4 is 12.2 Å². The smallest absolute Gasteiger partial charge is 0.166 e. The molecule has 0 aliphatic heterocycles. The Labute approximate surface area is 131 Å². The molecule has 0 N–H and O–H groups in total. The molecule has 2 aromatic carbocycles. The number of hydrogen-bond acceptors (Lipinski definition) is 0. The quantitative estimate of drug-likeness (QED) is 0.570. The fourth-order valence-electron chi connectivity index (χ4n) is 2.47. The van der Waals surface area contributed by atoms with Crippen LogP contribution in [0.3, 0.4) is 0 Å². The Morgan fingerprint density at radius 2 is 1.45 bits per heavy atom. The minimum absolute atomic E-state index is 0.287. The molecule has 0 heterocycles. The maximum Gasteiger partial charge on any atom is 0.166 e. The molecule has 116 valence electrons. The van der Waals surface area contributed by atoms with E-state index in [1.54, 1.807) is 18.2 Å². The Kier molecular flexibility index (Phi) is 5.88. The minimum atomic E-state index is -0.759. The largest absolute Gasteiger partial charge is 0.203 e. The summed E-state index contributed by atoms with van der Waals surface area (Å²) in [6.45, 7) is 4.10. The fourth-order valence-corrected chi connectivity index (χ4v) is 2.47. The Morgan fingerprint density at radius 1 is 0.773 bits per heavy atom. The number of hydrogen-bond donors (Lipinski definition) is 0. The van der Waals surface area contributed by atoms with Crippen molar-refractivity contribution in [3.8, 4) is 0 Å². The second-order valence-electron chi connectivity index (χ2n) is 5.52. The lowest BCUT2D eigenvalue weighted by molar-refractivity contribution is 0.496. The first-order chi connectivity index (χ1) is 10.7. The molecule has 22 heavy (non-hydrogen) atoms. The van der Waals surface area contributed by atoms with Gasteiger partial charge >= 0.3 is 0 Å². The van der Waals surface area contributed by atoms with Gasteiger partial charge in [0.2, 0.25) is 0 Å². The maximum absolute atomic E-state index is 14.0. The van der Waals surface area contributed by atoms with Gasteiger partial charge in [-0.2, -0.15) is 0 Å². The van der Waals surface area contributed by atoms with E-state index in [1.165, 1.54) is 5.56 Å². The van der Waals surface area contributed by atoms with Crippen LogP contribution >= 0.6 is 0 Å². The van der Waals surface area contributed by atoms with E-state index in [4.69, 9.17) is 0 Å². The van der Waals surface area contributed by atoms with Crippen molar-refractivity contribution in [2.75, 3.05) is 0 Å². The Balaban J connectivity index is 2.17. The van der Waals surface area contributed by atoms with E-state index in [-0.39, 0.29) is 5.56 Å². The van der Waals surface area contributed by atoms with Gasteiger partial charge in [-0.05, 0) is 29.5 Å². The molecule has 0 atom stereocenters. The van der Waals surface area contributed by atoms with Gasteiger partial charge in [0, 0.05) is 5.56 Å². The van der Waals surface area contributed by atoms with Crippen molar-refractivity contribution in [3.63, 3.8) is 0 Å². The molecule has 0 radical (unpaired) electrons. The van der Waals surface area contributed by atoms with Gasteiger partial charge in [0.25, 0.3) is 0 Å². The summed E-state index contributed by atoms with van der Waals surface area (Å²) in [5.74, 6) is -1.48. The molecule has 0 bridgehead atoms. The zero-order valence-corrected chi connectivity index (χ0v) is 13.2. The van der Waals surface area contributed by atoms with Crippen molar-refractivity contribution in [1.29, 1.82) is 0 Å². The normalized spacial score (nSPS) is 11.3. The molecular weight excluding hydrogens is 278 g/mol. The third-order valence-electron chi connectivity index (χ3n) is 3.69. The maximum atomic E-state index is 14.0. The number of halogens is 2. The standard InChI is InChI=1S/C20H22F2/c1-3-5-15-7-9-16(10-8-15)11-12-18-14-13-17(6-4-2)19(21)20(18)22/h7-14H,3-6H2,1-2H3. The van der Waals surface area contributed by atoms with Crippen LogP contribution in [-0.4, -0.2) is 0 Å². The highest BCUT2D eigenvalue weighted by atomic mass is 19.2. The molecule has 0 unspecified atom stereocenters. The van der Waals surface area contributed by atoms with Gasteiger partial charge in [-0.1, -0.05) is 75.2 Å². The van der Waals surface area contributed by atoms with E-state index in [9.17, 15) is 8.78 Å². The van der Waals surface area contributed by atoms with Crippen LogP contribution in [0.25, 0.3) is 12.2 Å². The summed E-state index contributed by atoms with van der Waals surface area (Å²) in [6.07, 6.45) is 6.98. The summed E-state index contributed by atoms with van der Waals surface area (Å²) >= 11 is 0. The zero-order valence-electron chi connectivity index (χ0n) is 13.2. The van der Waals surface area contributed by atoms with Crippen molar-refractivity contribution in [2.45, 2.75) is 39.5 Å². The van der Waals surface area contributed by atoms with Crippen molar-refractivity contribution in [3.05, 3.63) is 70.3 Å². The predicted octanol–water partition coefficient (Wildman–Crippen LogP) is 6.04. The summed E-state index contributed by atoms with van der Waals surface area (Å²) in [5.41, 5.74) is 3.01. The number of aryl methyl sites for hydroxylation is 2. The second-order valence-corrected chi connectivity index (χ2v) is 5.52. The van der Waals surface area contributed by atoms with E-state index in [1.807, 2.05) is 25.1 Å². The van der Waals surface area contributed by atoms with Crippen molar-refractivity contribution < 1.29 is 8.78 Å². The van der Waals surface area contributed by atoms with Crippen LogP contribution in [0.15, 0.2) is 36.4 Å². The van der Waals surface area contributed by atoms with Crippen molar-refractivity contribution in [2.24, 2.45) is 0 Å². The van der Waals surface area contributed by atoms with Gasteiger partial charge in [0.05, 0.1) is 0 Å². The number of benzene rings is 2. The Morgan fingerprint density at radius 3 is 2.09 bits per heavy atom. The lowest BCUT2D eigenvalue weighted by Crippen LogP contribution is -1.96. The highest BCUT2D eigenvalue weighted by Crippen LogP contribution is 2.20. The lowest BCUT2D eigenvalue weighted by Gasteiger charge is -2.05. The van der Waals surface area contributed by atoms with E-state index >= 15 is 0 Å². The third-order valence-corrected chi connectivity index (χ3v) is 3.69. The molecular formula is C20H22F2. The molecule has 2 heteroatoms. The topological polar surface area (TPSA) is 0 Å². The van der Waals surface area contributed by atoms with Gasteiger partial charge in [-0.3, -0.25) is 0 Å². The first-order valence-electron chi connectivity index (χ1n) is 7.89. The molecule has 0 spiro atoms. The summed E-state index contributed by atoms with van der Waals surface area (Å²) in [4.78, 5) is 0. The van der Waals surface area contributed by atoms with Crippen LogP contribution in [-0.2, 0) is 12.8 Å². The SMILES string of the molecule is CCCc1ccc(C=Cc2ccc(CCC)c(F)c2F)cc1. The van der Waals surface area contributed by atoms with Gasteiger partial charge in [0.1, 0.15) is 0 Å². The van der Waals surface area contributed by atoms with Gasteiger partial charge in [-0.25, -0.2) is 8.78 Å². The van der Waals surface area contributed by atoms with E-state index in [0.717, 1.165) is 24.8 Å². The molecule has 0 saturated heterocycles. The summed E-state index contributed by atoms with van der Waals surface area (Å²) in [6, 6.07) is 11.5. The minimum Gasteiger partial charge on any atom is -0.203 e. The zero-order chi connectivity index (χ0) is 15.9. The van der Waals surface area contributed by atoms with E-state index < -0.39 is 11.6 Å². The monoisotopic (exact) mass is 300 g/mol. The van der Waals surface area contributed by atoms with Gasteiger partial charge in [0.15, 0.2) is 11.6 Å². The van der Waals surface area contributed by atoms with Crippen LogP contribution in [0.2, 0.25) is 0 Å². The predicted molar refractivity (Wildman–Crippen MR) is 89.7 cm³/mol. The Bertz CT molecular complexity index is 640. The average molecular weight is 300 g/mol. The molecule has 2 aromatic rings. The average Bonchev–Trinajstić information content (AvgIpc) is 2.53. The summed E-state index contributed by atoms with van der Waals surface area (Å²) in [7, 11) is 0. The van der Waals surface area contributed by atoms with Crippen molar-refractivity contribution in [1.82, 2.24) is 0 Å². The van der Waals surface area contributed by atoms with Crippen LogP contribution in [0.5, 0.6) is 0 Å². The second kappa shape index (κ2) is 7.88. The van der Waals surface area contributed by atoms with Gasteiger partial charge in [-0.15, -0.1) is 0 Å². The van der Waals surface area contributed by atoms with Crippen LogP contribution < -0.4 is 0 Å². The molecule has 0 saturated carbocycles. The van der Waals surface area contributed by atoms with E-state index in [2.05, 4.69) is 19.1 Å². The van der Waals surface area contributed by atoms with Crippen LogP contribution in [0.1, 0.15) is 48.9 Å². The Hall–Kier alpha value is -1.96. The van der Waals surface area contributed by atoms with E-state index in [0.29, 0.717) is 12.0 Å². The van der Waals surface area contributed by atoms with Crippen LogP contribution in [0.4, 0.5) is 8.78 Å². The molecule has 0 aliphatic carbocycles. The first-order valence-corrected chi connectivity index (χ1v) is 7.89. The molecule has 2 rings (SSSR count). The highest BCUT2D eigenvalue weighted by molar-refractivity contribution is 5.70. The van der Waals surface area contributed by atoms with Crippen LogP contribution in [0, 0.1) is 11.6 Å². The highest BCUT2D eigenvalue weighted by Gasteiger charge is 2.10. The fraction of sp³-hybridized carbons (Fsp3) is 0.300. The number of rotatable bonds is 6. The third kappa shape index (κ3) is 4.03. The molecule has 0 aromatic heterocycles. The molecule has 0 nitrogen and oxygen atoms in total. The summed E-state index contributed by atoms with van der Waals surface area (Å²) < 4.78 is 27.9. The lowest BCUT2D eigenvalue weighted by atomic mass is 10.0.